The van der Waals surface area contributed by atoms with Crippen LogP contribution >= 0.6 is 0 Å². The average Bonchev–Trinajstić information content (AvgIpc) is 3.17. The zero-order chi connectivity index (χ0) is 21.4. The summed E-state index contributed by atoms with van der Waals surface area (Å²) < 4.78 is 32.4. The van der Waals surface area contributed by atoms with Crippen LogP contribution in [0.25, 0.3) is 0 Å². The van der Waals surface area contributed by atoms with Crippen molar-refractivity contribution in [3.63, 3.8) is 0 Å². The molecule has 2 aromatic rings. The van der Waals surface area contributed by atoms with E-state index in [1.54, 1.807) is 13.1 Å². The Balaban J connectivity index is 1.63. The van der Waals surface area contributed by atoms with Crippen LogP contribution in [0, 0.1) is 0 Å². The van der Waals surface area contributed by atoms with Crippen molar-refractivity contribution in [2.24, 2.45) is 0 Å². The van der Waals surface area contributed by atoms with E-state index >= 15 is 0 Å². The van der Waals surface area contributed by atoms with Crippen molar-refractivity contribution in [1.82, 2.24) is 19.4 Å². The van der Waals surface area contributed by atoms with Crippen LogP contribution in [-0.2, 0) is 34.1 Å². The minimum absolute atomic E-state index is 0.0597. The zero-order valence-electron chi connectivity index (χ0n) is 18.2. The third-order valence-electron chi connectivity index (χ3n) is 5.58. The van der Waals surface area contributed by atoms with Crippen molar-refractivity contribution < 1.29 is 13.2 Å². The van der Waals surface area contributed by atoms with Crippen molar-refractivity contribution >= 4 is 9.84 Å². The molecule has 8 heteroatoms. The highest BCUT2D eigenvalue weighted by Crippen LogP contribution is 2.16. The fraction of sp³-hybridized carbons (Fsp3) is 0.591. The highest BCUT2D eigenvalue weighted by molar-refractivity contribution is 7.91. The molecule has 1 aromatic carbocycles. The maximum atomic E-state index is 12.6. The summed E-state index contributed by atoms with van der Waals surface area (Å²) in [6.07, 6.45) is 3.58. The first-order chi connectivity index (χ1) is 14.5. The van der Waals surface area contributed by atoms with Crippen molar-refractivity contribution in [2.75, 3.05) is 52.2 Å². The molecule has 0 radical (unpaired) electrons. The van der Waals surface area contributed by atoms with Gasteiger partial charge in [-0.3, -0.25) is 4.90 Å². The maximum Gasteiger partial charge on any atom is 0.227 e. The van der Waals surface area contributed by atoms with Gasteiger partial charge in [-0.05, 0) is 38.5 Å². The van der Waals surface area contributed by atoms with Crippen LogP contribution < -0.4 is 0 Å². The Morgan fingerprint density at radius 3 is 2.57 bits per heavy atom. The second-order valence-corrected chi connectivity index (χ2v) is 10.0. The topological polar surface area (TPSA) is 67.7 Å². The Kier molecular flexibility index (Phi) is 8.44. The van der Waals surface area contributed by atoms with Crippen molar-refractivity contribution in [3.05, 3.63) is 47.8 Å². The van der Waals surface area contributed by atoms with E-state index in [1.165, 1.54) is 5.56 Å². The van der Waals surface area contributed by atoms with Gasteiger partial charge in [-0.2, -0.15) is 0 Å². The maximum absolute atomic E-state index is 12.6. The Bertz CT molecular complexity index is 877. The molecule has 7 nitrogen and oxygen atoms in total. The SMILES string of the molecule is CCS(=O)(=O)c1ncc(CN(C)CCCN2CCOCC2)n1CCc1ccccc1. The van der Waals surface area contributed by atoms with E-state index in [0.717, 1.165) is 57.9 Å². The number of rotatable bonds is 11. The van der Waals surface area contributed by atoms with Crippen LogP contribution in [0.1, 0.15) is 24.6 Å². The van der Waals surface area contributed by atoms with E-state index in [-0.39, 0.29) is 10.9 Å². The van der Waals surface area contributed by atoms with Crippen LogP contribution in [0.4, 0.5) is 0 Å². The molecule has 2 heterocycles. The first-order valence-corrected chi connectivity index (χ1v) is 12.4. The summed E-state index contributed by atoms with van der Waals surface area (Å²) in [6, 6.07) is 10.2. The van der Waals surface area contributed by atoms with Crippen LogP contribution in [0.15, 0.2) is 41.7 Å². The standard InChI is InChI=1S/C22H34N4O3S/c1-3-30(27,28)22-23-18-21(26(22)13-10-20-8-5-4-6-9-20)19-24(2)11-7-12-25-14-16-29-17-15-25/h4-6,8-9,18H,3,7,10-17,19H2,1-2H3. The molecular weight excluding hydrogens is 400 g/mol. The third kappa shape index (κ3) is 6.38. The van der Waals surface area contributed by atoms with Gasteiger partial charge in [-0.25, -0.2) is 13.4 Å². The van der Waals surface area contributed by atoms with E-state index in [4.69, 9.17) is 4.74 Å². The van der Waals surface area contributed by atoms with Crippen LogP contribution in [0.5, 0.6) is 0 Å². The van der Waals surface area contributed by atoms with Crippen LogP contribution in [0.2, 0.25) is 0 Å². The molecule has 30 heavy (non-hydrogen) atoms. The third-order valence-corrected chi connectivity index (χ3v) is 7.22. The average molecular weight is 435 g/mol. The molecule has 0 bridgehead atoms. The van der Waals surface area contributed by atoms with Crippen LogP contribution in [-0.4, -0.2) is 80.0 Å². The first kappa shape index (κ1) is 22.9. The molecule has 1 aromatic heterocycles. The van der Waals surface area contributed by atoms with Gasteiger partial charge in [-0.15, -0.1) is 0 Å². The molecule has 1 aliphatic rings. The Morgan fingerprint density at radius 2 is 1.87 bits per heavy atom. The van der Waals surface area contributed by atoms with Gasteiger partial charge in [0, 0.05) is 26.2 Å². The summed E-state index contributed by atoms with van der Waals surface area (Å²) in [5.74, 6) is 0.0597. The summed E-state index contributed by atoms with van der Waals surface area (Å²) in [5.41, 5.74) is 2.14. The summed E-state index contributed by atoms with van der Waals surface area (Å²) >= 11 is 0. The van der Waals surface area contributed by atoms with E-state index in [0.29, 0.717) is 13.1 Å². The molecule has 1 fully saturated rings. The number of imidazole rings is 1. The normalized spacial score (nSPS) is 15.7. The van der Waals surface area contributed by atoms with Gasteiger partial charge in [0.25, 0.3) is 0 Å². The molecule has 1 saturated heterocycles. The van der Waals surface area contributed by atoms with Gasteiger partial charge in [-0.1, -0.05) is 37.3 Å². The second kappa shape index (κ2) is 11.0. The molecular formula is C22H34N4O3S. The van der Waals surface area contributed by atoms with Crippen molar-refractivity contribution in [2.45, 2.75) is 38.0 Å². The molecule has 0 atom stereocenters. The fourth-order valence-corrected chi connectivity index (χ4v) is 4.78. The molecule has 3 rings (SSSR count). The summed E-state index contributed by atoms with van der Waals surface area (Å²) in [6.45, 7) is 8.65. The van der Waals surface area contributed by atoms with Gasteiger partial charge in [0.15, 0.2) is 0 Å². The predicted molar refractivity (Wildman–Crippen MR) is 118 cm³/mol. The lowest BCUT2D eigenvalue weighted by Gasteiger charge is -2.27. The lowest BCUT2D eigenvalue weighted by molar-refractivity contribution is 0.0363. The summed E-state index contributed by atoms with van der Waals surface area (Å²) in [7, 11) is -1.28. The molecule has 166 valence electrons. The lowest BCUT2D eigenvalue weighted by atomic mass is 10.1. The minimum atomic E-state index is -3.36. The number of ether oxygens (including phenoxy) is 1. The number of hydrogen-bond donors (Lipinski definition) is 0. The number of hydrogen-bond acceptors (Lipinski definition) is 6. The van der Waals surface area contributed by atoms with Gasteiger partial charge in [0.05, 0.1) is 30.9 Å². The second-order valence-electron chi connectivity index (χ2n) is 7.87. The monoisotopic (exact) mass is 434 g/mol. The smallest absolute Gasteiger partial charge is 0.227 e. The van der Waals surface area contributed by atoms with Crippen molar-refractivity contribution in [1.29, 1.82) is 0 Å². The highest BCUT2D eigenvalue weighted by Gasteiger charge is 2.22. The van der Waals surface area contributed by atoms with E-state index in [2.05, 4.69) is 34.0 Å². The quantitative estimate of drug-likeness (QED) is 0.539. The fourth-order valence-electron chi connectivity index (χ4n) is 3.76. The molecule has 0 aliphatic carbocycles. The number of aryl methyl sites for hydroxylation is 1. The molecule has 0 unspecified atom stereocenters. The van der Waals surface area contributed by atoms with Gasteiger partial charge in [0.2, 0.25) is 15.0 Å². The van der Waals surface area contributed by atoms with E-state index < -0.39 is 9.84 Å². The molecule has 0 N–H and O–H groups in total. The number of benzene rings is 1. The highest BCUT2D eigenvalue weighted by atomic mass is 32.2. The largest absolute Gasteiger partial charge is 0.379 e. The summed E-state index contributed by atoms with van der Waals surface area (Å²) in [4.78, 5) is 8.99. The van der Waals surface area contributed by atoms with E-state index in [1.807, 2.05) is 22.8 Å². The Hall–Kier alpha value is -1.74. The van der Waals surface area contributed by atoms with Crippen molar-refractivity contribution in [3.8, 4) is 0 Å². The van der Waals surface area contributed by atoms with Gasteiger partial charge < -0.3 is 14.2 Å². The molecule has 0 amide bonds. The lowest BCUT2D eigenvalue weighted by Crippen LogP contribution is -2.37. The molecule has 1 aliphatic heterocycles. The number of aromatic nitrogens is 2. The Labute approximate surface area is 180 Å². The van der Waals surface area contributed by atoms with Gasteiger partial charge >= 0.3 is 0 Å². The zero-order valence-corrected chi connectivity index (χ0v) is 19.0. The summed E-state index contributed by atoms with van der Waals surface area (Å²) in [5, 5.41) is 0.192. The number of nitrogens with zero attached hydrogens (tertiary/aromatic N) is 4. The molecule has 0 spiro atoms. The number of sulfone groups is 1. The Morgan fingerprint density at radius 1 is 1.13 bits per heavy atom. The van der Waals surface area contributed by atoms with Gasteiger partial charge in [0.1, 0.15) is 0 Å². The molecule has 0 saturated carbocycles. The number of morpholine rings is 1. The minimum Gasteiger partial charge on any atom is -0.379 e. The first-order valence-electron chi connectivity index (χ1n) is 10.8. The van der Waals surface area contributed by atoms with E-state index in [9.17, 15) is 8.42 Å². The van der Waals surface area contributed by atoms with Crippen LogP contribution in [0.3, 0.4) is 0 Å². The predicted octanol–water partition coefficient (Wildman–Crippen LogP) is 2.07.